The van der Waals surface area contributed by atoms with E-state index in [1.807, 2.05) is 0 Å². The standard InChI is InChI=1S/C12H12ClN5OS/c1-18-7-8(6-14-18)11(19)16-17-12(20)15-10-4-2-9(13)3-5-10/h2-7H,1H3,(H,16,19)(H2,15,17,20). The first-order chi connectivity index (χ1) is 9.54. The first-order valence-corrected chi connectivity index (χ1v) is 6.45. The van der Waals surface area contributed by atoms with Crippen LogP contribution in [0.1, 0.15) is 10.4 Å². The summed E-state index contributed by atoms with van der Waals surface area (Å²) in [6, 6.07) is 7.03. The monoisotopic (exact) mass is 309 g/mol. The van der Waals surface area contributed by atoms with E-state index in [9.17, 15) is 4.79 Å². The zero-order chi connectivity index (χ0) is 14.5. The molecule has 20 heavy (non-hydrogen) atoms. The average Bonchev–Trinajstić information content (AvgIpc) is 2.85. The van der Waals surface area contributed by atoms with Gasteiger partial charge in [0.2, 0.25) is 0 Å². The number of carbonyl (C=O) groups is 1. The molecule has 0 atom stereocenters. The first kappa shape index (κ1) is 14.3. The number of amides is 1. The van der Waals surface area contributed by atoms with Crippen LogP contribution in [-0.2, 0) is 7.05 Å². The predicted octanol–water partition coefficient (Wildman–Crippen LogP) is 1.70. The highest BCUT2D eigenvalue weighted by Crippen LogP contribution is 2.12. The molecule has 8 heteroatoms. The number of hydrogen-bond acceptors (Lipinski definition) is 3. The fourth-order valence-electron chi connectivity index (χ4n) is 1.42. The Bertz CT molecular complexity index is 625. The minimum Gasteiger partial charge on any atom is -0.331 e. The molecule has 104 valence electrons. The number of aryl methyl sites for hydroxylation is 1. The van der Waals surface area contributed by atoms with E-state index in [1.54, 1.807) is 42.2 Å². The molecule has 0 unspecified atom stereocenters. The lowest BCUT2D eigenvalue weighted by molar-refractivity contribution is 0.0944. The van der Waals surface area contributed by atoms with Crippen molar-refractivity contribution in [2.24, 2.45) is 7.05 Å². The summed E-state index contributed by atoms with van der Waals surface area (Å²) in [4.78, 5) is 11.7. The molecule has 0 aliphatic carbocycles. The molecule has 2 rings (SSSR count). The Hall–Kier alpha value is -2.12. The van der Waals surface area contributed by atoms with Crippen molar-refractivity contribution in [1.82, 2.24) is 20.6 Å². The molecule has 2 aromatic rings. The Morgan fingerprint density at radius 1 is 1.30 bits per heavy atom. The zero-order valence-corrected chi connectivity index (χ0v) is 12.1. The number of benzene rings is 1. The SMILES string of the molecule is Cn1cc(C(=O)NNC(=S)Nc2ccc(Cl)cc2)cn1. The third-order valence-corrected chi connectivity index (χ3v) is 2.81. The molecule has 0 saturated heterocycles. The maximum atomic E-state index is 11.7. The number of hydrazine groups is 1. The Balaban J connectivity index is 1.83. The molecule has 1 heterocycles. The van der Waals surface area contributed by atoms with Crippen LogP contribution < -0.4 is 16.2 Å². The molecule has 6 nitrogen and oxygen atoms in total. The van der Waals surface area contributed by atoms with Crippen molar-refractivity contribution in [3.8, 4) is 0 Å². The number of thiocarbonyl (C=S) groups is 1. The molecular weight excluding hydrogens is 298 g/mol. The maximum Gasteiger partial charge on any atom is 0.272 e. The number of rotatable bonds is 2. The molecule has 0 aliphatic heterocycles. The number of anilines is 1. The number of nitrogens with one attached hydrogen (secondary N) is 3. The predicted molar refractivity (Wildman–Crippen MR) is 81.5 cm³/mol. The van der Waals surface area contributed by atoms with Crippen molar-refractivity contribution >= 4 is 40.5 Å². The molecule has 0 aliphatic rings. The fraction of sp³-hybridized carbons (Fsp3) is 0.0833. The lowest BCUT2D eigenvalue weighted by atomic mass is 10.3. The van der Waals surface area contributed by atoms with E-state index >= 15 is 0 Å². The van der Waals surface area contributed by atoms with Gasteiger partial charge in [-0.2, -0.15) is 5.10 Å². The van der Waals surface area contributed by atoms with E-state index in [0.717, 1.165) is 5.69 Å². The smallest absolute Gasteiger partial charge is 0.272 e. The molecule has 1 aromatic carbocycles. The third kappa shape index (κ3) is 3.94. The van der Waals surface area contributed by atoms with Crippen molar-refractivity contribution in [2.45, 2.75) is 0 Å². The molecule has 0 spiro atoms. The van der Waals surface area contributed by atoms with E-state index in [2.05, 4.69) is 21.3 Å². The van der Waals surface area contributed by atoms with Crippen molar-refractivity contribution in [2.75, 3.05) is 5.32 Å². The van der Waals surface area contributed by atoms with Crippen molar-refractivity contribution in [1.29, 1.82) is 0 Å². The molecule has 0 bridgehead atoms. The normalized spacial score (nSPS) is 9.90. The average molecular weight is 310 g/mol. The Labute approximate surface area is 126 Å². The first-order valence-electron chi connectivity index (χ1n) is 5.66. The summed E-state index contributed by atoms with van der Waals surface area (Å²) in [7, 11) is 1.73. The van der Waals surface area contributed by atoms with E-state index < -0.39 is 0 Å². The van der Waals surface area contributed by atoms with Crippen molar-refractivity contribution in [3.63, 3.8) is 0 Å². The van der Waals surface area contributed by atoms with Gasteiger partial charge in [0.25, 0.3) is 5.91 Å². The topological polar surface area (TPSA) is 71.0 Å². The minimum atomic E-state index is -0.321. The highest BCUT2D eigenvalue weighted by atomic mass is 35.5. The van der Waals surface area contributed by atoms with Gasteiger partial charge in [-0.25, -0.2) is 0 Å². The van der Waals surface area contributed by atoms with Gasteiger partial charge in [-0.15, -0.1) is 0 Å². The number of halogens is 1. The summed E-state index contributed by atoms with van der Waals surface area (Å²) >= 11 is 10.8. The molecular formula is C12H12ClN5OS. The largest absolute Gasteiger partial charge is 0.331 e. The highest BCUT2D eigenvalue weighted by molar-refractivity contribution is 7.80. The van der Waals surface area contributed by atoms with Crippen LogP contribution >= 0.6 is 23.8 Å². The van der Waals surface area contributed by atoms with Gasteiger partial charge in [-0.3, -0.25) is 20.3 Å². The van der Waals surface area contributed by atoms with Crippen LogP contribution in [0.2, 0.25) is 5.02 Å². The highest BCUT2D eigenvalue weighted by Gasteiger charge is 2.07. The summed E-state index contributed by atoms with van der Waals surface area (Å²) < 4.78 is 1.54. The van der Waals surface area contributed by atoms with E-state index in [0.29, 0.717) is 10.6 Å². The van der Waals surface area contributed by atoms with Crippen LogP contribution in [0.5, 0.6) is 0 Å². The van der Waals surface area contributed by atoms with Gasteiger partial charge in [0, 0.05) is 24.0 Å². The van der Waals surface area contributed by atoms with Crippen LogP contribution in [0.4, 0.5) is 5.69 Å². The lowest BCUT2D eigenvalue weighted by Gasteiger charge is -2.10. The molecule has 1 amide bonds. The van der Waals surface area contributed by atoms with Gasteiger partial charge in [0.15, 0.2) is 5.11 Å². The maximum absolute atomic E-state index is 11.7. The number of aromatic nitrogens is 2. The third-order valence-electron chi connectivity index (χ3n) is 2.36. The Morgan fingerprint density at radius 2 is 2.00 bits per heavy atom. The fourth-order valence-corrected chi connectivity index (χ4v) is 1.71. The van der Waals surface area contributed by atoms with E-state index in [4.69, 9.17) is 23.8 Å². The Morgan fingerprint density at radius 3 is 2.60 bits per heavy atom. The van der Waals surface area contributed by atoms with Crippen molar-refractivity contribution < 1.29 is 4.79 Å². The van der Waals surface area contributed by atoms with Gasteiger partial charge in [-0.05, 0) is 36.5 Å². The second-order valence-corrected chi connectivity index (χ2v) is 4.79. The summed E-state index contributed by atoms with van der Waals surface area (Å²) in [5, 5.41) is 7.72. The van der Waals surface area contributed by atoms with Crippen LogP contribution in [-0.4, -0.2) is 20.8 Å². The van der Waals surface area contributed by atoms with Gasteiger partial charge >= 0.3 is 0 Å². The molecule has 0 saturated carbocycles. The summed E-state index contributed by atoms with van der Waals surface area (Å²) in [6.45, 7) is 0. The molecule has 3 N–H and O–H groups in total. The summed E-state index contributed by atoms with van der Waals surface area (Å²) in [5.74, 6) is -0.321. The van der Waals surface area contributed by atoms with Crippen LogP contribution in [0.3, 0.4) is 0 Å². The zero-order valence-electron chi connectivity index (χ0n) is 10.6. The quantitative estimate of drug-likeness (QED) is 0.582. The van der Waals surface area contributed by atoms with Gasteiger partial charge in [0.1, 0.15) is 0 Å². The van der Waals surface area contributed by atoms with Gasteiger partial charge < -0.3 is 5.32 Å². The van der Waals surface area contributed by atoms with Crippen LogP contribution in [0.25, 0.3) is 0 Å². The van der Waals surface area contributed by atoms with Gasteiger partial charge in [0.05, 0.1) is 11.8 Å². The van der Waals surface area contributed by atoms with Crippen LogP contribution in [0.15, 0.2) is 36.7 Å². The van der Waals surface area contributed by atoms with Gasteiger partial charge in [-0.1, -0.05) is 11.6 Å². The minimum absolute atomic E-state index is 0.268. The number of hydrogen-bond donors (Lipinski definition) is 3. The second-order valence-electron chi connectivity index (χ2n) is 3.94. The van der Waals surface area contributed by atoms with E-state index in [-0.39, 0.29) is 11.0 Å². The summed E-state index contributed by atoms with van der Waals surface area (Å²) in [5.41, 5.74) is 6.28. The number of carbonyl (C=O) groups excluding carboxylic acids is 1. The molecule has 1 aromatic heterocycles. The lowest BCUT2D eigenvalue weighted by Crippen LogP contribution is -2.43. The van der Waals surface area contributed by atoms with Crippen LogP contribution in [0, 0.1) is 0 Å². The molecule has 0 radical (unpaired) electrons. The molecule has 0 fully saturated rings. The number of nitrogens with zero attached hydrogens (tertiary/aromatic N) is 2. The van der Waals surface area contributed by atoms with Crippen molar-refractivity contribution in [3.05, 3.63) is 47.2 Å². The second kappa shape index (κ2) is 6.36. The summed E-state index contributed by atoms with van der Waals surface area (Å²) in [6.07, 6.45) is 3.07. The Kier molecular flexibility index (Phi) is 4.54. The van der Waals surface area contributed by atoms with E-state index in [1.165, 1.54) is 6.20 Å².